The van der Waals surface area contributed by atoms with E-state index < -0.39 is 6.10 Å². The van der Waals surface area contributed by atoms with Crippen LogP contribution < -0.4 is 10.1 Å². The molecule has 0 aromatic heterocycles. The van der Waals surface area contributed by atoms with Crippen molar-refractivity contribution < 1.29 is 14.6 Å². The van der Waals surface area contributed by atoms with E-state index in [0.29, 0.717) is 6.54 Å². The Labute approximate surface area is 121 Å². The van der Waals surface area contributed by atoms with Gasteiger partial charge in [0.1, 0.15) is 5.75 Å². The topological polar surface area (TPSA) is 50.7 Å². The number of nitrogens with one attached hydrogen (secondary N) is 1. The zero-order valence-electron chi connectivity index (χ0n) is 12.4. The lowest BCUT2D eigenvalue weighted by Gasteiger charge is -2.34. The molecule has 2 rings (SSSR count). The van der Waals surface area contributed by atoms with Crippen molar-refractivity contribution in [3.05, 3.63) is 29.8 Å². The SMILES string of the molecule is COc1cccc(C(O)CNCC2(C)CCOCC2)c1. The Hall–Kier alpha value is -1.10. The van der Waals surface area contributed by atoms with Crippen molar-refractivity contribution >= 4 is 0 Å². The molecule has 112 valence electrons. The number of ether oxygens (including phenoxy) is 2. The quantitative estimate of drug-likeness (QED) is 0.837. The maximum atomic E-state index is 10.2. The van der Waals surface area contributed by atoms with Crippen molar-refractivity contribution in [3.63, 3.8) is 0 Å². The van der Waals surface area contributed by atoms with Crippen LogP contribution in [0.25, 0.3) is 0 Å². The van der Waals surface area contributed by atoms with Crippen LogP contribution in [0.3, 0.4) is 0 Å². The summed E-state index contributed by atoms with van der Waals surface area (Å²) in [6.07, 6.45) is 1.65. The smallest absolute Gasteiger partial charge is 0.119 e. The van der Waals surface area contributed by atoms with Gasteiger partial charge in [0.2, 0.25) is 0 Å². The molecule has 1 aliphatic heterocycles. The van der Waals surface area contributed by atoms with E-state index in [0.717, 1.165) is 43.9 Å². The van der Waals surface area contributed by atoms with Gasteiger partial charge in [-0.25, -0.2) is 0 Å². The highest BCUT2D eigenvalue weighted by molar-refractivity contribution is 5.29. The van der Waals surface area contributed by atoms with Crippen LogP contribution in [0.5, 0.6) is 5.75 Å². The van der Waals surface area contributed by atoms with Gasteiger partial charge in [-0.15, -0.1) is 0 Å². The van der Waals surface area contributed by atoms with E-state index in [9.17, 15) is 5.11 Å². The van der Waals surface area contributed by atoms with E-state index in [1.165, 1.54) is 0 Å². The van der Waals surface area contributed by atoms with Gasteiger partial charge in [0.15, 0.2) is 0 Å². The molecule has 2 N–H and O–H groups in total. The molecule has 1 aromatic rings. The number of hydrogen-bond acceptors (Lipinski definition) is 4. The summed E-state index contributed by atoms with van der Waals surface area (Å²) in [4.78, 5) is 0. The Balaban J connectivity index is 1.80. The molecule has 1 aromatic carbocycles. The largest absolute Gasteiger partial charge is 0.497 e. The molecule has 1 saturated heterocycles. The molecule has 0 bridgehead atoms. The lowest BCUT2D eigenvalue weighted by molar-refractivity contribution is 0.0227. The van der Waals surface area contributed by atoms with Crippen molar-refractivity contribution in [2.24, 2.45) is 5.41 Å². The van der Waals surface area contributed by atoms with Crippen LogP contribution in [0.4, 0.5) is 0 Å². The number of aliphatic hydroxyl groups is 1. The van der Waals surface area contributed by atoms with Crippen molar-refractivity contribution in [2.75, 3.05) is 33.4 Å². The average Bonchev–Trinajstić information content (AvgIpc) is 2.48. The molecule has 1 unspecified atom stereocenters. The van der Waals surface area contributed by atoms with Crippen LogP contribution in [0.2, 0.25) is 0 Å². The first-order valence-electron chi connectivity index (χ1n) is 7.23. The minimum absolute atomic E-state index is 0.284. The summed E-state index contributed by atoms with van der Waals surface area (Å²) in [6.45, 7) is 5.44. The molecule has 0 saturated carbocycles. The summed E-state index contributed by atoms with van der Waals surface area (Å²) in [7, 11) is 1.63. The molecule has 0 radical (unpaired) electrons. The first kappa shape index (κ1) is 15.3. The Morgan fingerprint density at radius 1 is 1.40 bits per heavy atom. The number of methoxy groups -OCH3 is 1. The summed E-state index contributed by atoms with van der Waals surface area (Å²) in [5.74, 6) is 0.776. The van der Waals surface area contributed by atoms with Gasteiger partial charge in [-0.05, 0) is 36.0 Å². The zero-order chi connectivity index (χ0) is 14.4. The van der Waals surface area contributed by atoms with Gasteiger partial charge in [0.25, 0.3) is 0 Å². The normalized spacial score (nSPS) is 19.6. The second-order valence-electron chi connectivity index (χ2n) is 5.85. The van der Waals surface area contributed by atoms with Crippen molar-refractivity contribution in [3.8, 4) is 5.75 Å². The molecule has 4 heteroatoms. The van der Waals surface area contributed by atoms with Gasteiger partial charge in [0.05, 0.1) is 13.2 Å². The minimum Gasteiger partial charge on any atom is -0.497 e. The molecule has 1 aliphatic rings. The predicted octanol–water partition coefficient (Wildman–Crippen LogP) is 2.13. The van der Waals surface area contributed by atoms with Crippen LogP contribution in [-0.4, -0.2) is 38.5 Å². The maximum Gasteiger partial charge on any atom is 0.119 e. The first-order chi connectivity index (χ1) is 9.63. The molecular weight excluding hydrogens is 254 g/mol. The van der Waals surface area contributed by atoms with Crippen LogP contribution in [0.15, 0.2) is 24.3 Å². The summed E-state index contributed by atoms with van der Waals surface area (Å²) in [6, 6.07) is 7.58. The lowest BCUT2D eigenvalue weighted by Crippen LogP contribution is -2.38. The zero-order valence-corrected chi connectivity index (χ0v) is 12.4. The highest BCUT2D eigenvalue weighted by atomic mass is 16.5. The van der Waals surface area contributed by atoms with E-state index in [-0.39, 0.29) is 5.41 Å². The van der Waals surface area contributed by atoms with Gasteiger partial charge in [-0.3, -0.25) is 0 Å². The number of benzene rings is 1. The fourth-order valence-corrected chi connectivity index (χ4v) is 2.52. The van der Waals surface area contributed by atoms with Gasteiger partial charge >= 0.3 is 0 Å². The van der Waals surface area contributed by atoms with Gasteiger partial charge in [-0.2, -0.15) is 0 Å². The van der Waals surface area contributed by atoms with Crippen LogP contribution in [0, 0.1) is 5.41 Å². The van der Waals surface area contributed by atoms with Crippen molar-refractivity contribution in [2.45, 2.75) is 25.9 Å². The third-order valence-electron chi connectivity index (χ3n) is 4.07. The molecule has 1 heterocycles. The number of hydrogen-bond donors (Lipinski definition) is 2. The standard InChI is InChI=1S/C16H25NO3/c1-16(6-8-20-9-7-16)12-17-11-15(18)13-4-3-5-14(10-13)19-2/h3-5,10,15,17-18H,6-9,11-12H2,1-2H3. The van der Waals surface area contributed by atoms with Crippen molar-refractivity contribution in [1.82, 2.24) is 5.32 Å². The third kappa shape index (κ3) is 4.20. The van der Waals surface area contributed by atoms with Gasteiger partial charge < -0.3 is 19.9 Å². The molecule has 20 heavy (non-hydrogen) atoms. The molecule has 0 spiro atoms. The van der Waals surface area contributed by atoms with E-state index in [1.54, 1.807) is 7.11 Å². The fourth-order valence-electron chi connectivity index (χ4n) is 2.52. The number of aliphatic hydroxyl groups excluding tert-OH is 1. The Morgan fingerprint density at radius 3 is 2.85 bits per heavy atom. The lowest BCUT2D eigenvalue weighted by atomic mass is 9.82. The van der Waals surface area contributed by atoms with E-state index >= 15 is 0 Å². The molecule has 0 aliphatic carbocycles. The molecule has 1 fully saturated rings. The van der Waals surface area contributed by atoms with E-state index in [4.69, 9.17) is 9.47 Å². The highest BCUT2D eigenvalue weighted by Crippen LogP contribution is 2.28. The Kier molecular flexibility index (Phi) is 5.40. The Bertz CT molecular complexity index is 416. The summed E-state index contributed by atoms with van der Waals surface area (Å²) < 4.78 is 10.6. The van der Waals surface area contributed by atoms with Crippen molar-refractivity contribution in [1.29, 1.82) is 0 Å². The second kappa shape index (κ2) is 7.07. The predicted molar refractivity (Wildman–Crippen MR) is 79.0 cm³/mol. The summed E-state index contributed by atoms with van der Waals surface area (Å²) >= 11 is 0. The van der Waals surface area contributed by atoms with Crippen LogP contribution >= 0.6 is 0 Å². The Morgan fingerprint density at radius 2 is 2.15 bits per heavy atom. The van der Waals surface area contributed by atoms with Gasteiger partial charge in [-0.1, -0.05) is 19.1 Å². The fraction of sp³-hybridized carbons (Fsp3) is 0.625. The second-order valence-corrected chi connectivity index (χ2v) is 5.85. The van der Waals surface area contributed by atoms with Crippen LogP contribution in [-0.2, 0) is 4.74 Å². The van der Waals surface area contributed by atoms with Crippen LogP contribution in [0.1, 0.15) is 31.4 Å². The molecule has 4 nitrogen and oxygen atoms in total. The third-order valence-corrected chi connectivity index (χ3v) is 4.07. The summed E-state index contributed by atoms with van der Waals surface area (Å²) in [5, 5.41) is 13.6. The number of rotatable bonds is 6. The summed E-state index contributed by atoms with van der Waals surface area (Å²) in [5.41, 5.74) is 1.17. The minimum atomic E-state index is -0.506. The maximum absolute atomic E-state index is 10.2. The van der Waals surface area contributed by atoms with E-state index in [1.807, 2.05) is 24.3 Å². The van der Waals surface area contributed by atoms with E-state index in [2.05, 4.69) is 12.2 Å². The van der Waals surface area contributed by atoms with Gasteiger partial charge in [0, 0.05) is 26.3 Å². The highest BCUT2D eigenvalue weighted by Gasteiger charge is 2.27. The molecular formula is C16H25NO3. The molecule has 1 atom stereocenters. The monoisotopic (exact) mass is 279 g/mol. The molecule has 0 amide bonds. The average molecular weight is 279 g/mol. The first-order valence-corrected chi connectivity index (χ1v) is 7.23.